The summed E-state index contributed by atoms with van der Waals surface area (Å²) >= 11 is 0. The molecule has 0 atom stereocenters. The standard InChI is InChI=1S/C14H14N2O3/c1-9-12(15-8-19-9)7-16-5-4-10-6-11(14(17)18)2-3-13(10)16/h2-3,6,8H,4-5,7H2,1H3,(H,17,18). The minimum absolute atomic E-state index is 0.346. The van der Waals surface area contributed by atoms with Crippen LogP contribution in [0.2, 0.25) is 0 Å². The maximum absolute atomic E-state index is 10.9. The first-order chi connectivity index (χ1) is 9.15. The minimum atomic E-state index is -0.881. The van der Waals surface area contributed by atoms with Crippen molar-refractivity contribution in [3.63, 3.8) is 0 Å². The van der Waals surface area contributed by atoms with Crippen LogP contribution >= 0.6 is 0 Å². The van der Waals surface area contributed by atoms with Gasteiger partial charge in [0.1, 0.15) is 11.5 Å². The number of aromatic nitrogens is 1. The molecule has 1 N–H and O–H groups in total. The third kappa shape index (κ3) is 2.07. The molecule has 1 aliphatic heterocycles. The molecule has 1 aromatic carbocycles. The summed E-state index contributed by atoms with van der Waals surface area (Å²) < 4.78 is 5.20. The summed E-state index contributed by atoms with van der Waals surface area (Å²) in [5, 5.41) is 8.99. The lowest BCUT2D eigenvalue weighted by Crippen LogP contribution is -2.20. The van der Waals surface area contributed by atoms with Gasteiger partial charge in [0.15, 0.2) is 6.39 Å². The van der Waals surface area contributed by atoms with E-state index in [0.717, 1.165) is 35.7 Å². The van der Waals surface area contributed by atoms with Gasteiger partial charge in [0.05, 0.1) is 12.1 Å². The number of oxazole rings is 1. The molecule has 0 saturated carbocycles. The summed E-state index contributed by atoms with van der Waals surface area (Å²) in [6.45, 7) is 3.47. The molecular formula is C14H14N2O3. The maximum Gasteiger partial charge on any atom is 0.335 e. The highest BCUT2D eigenvalue weighted by Gasteiger charge is 2.21. The van der Waals surface area contributed by atoms with Gasteiger partial charge in [-0.1, -0.05) is 0 Å². The van der Waals surface area contributed by atoms with Gasteiger partial charge in [0, 0.05) is 12.2 Å². The van der Waals surface area contributed by atoms with Crippen molar-refractivity contribution in [2.75, 3.05) is 11.4 Å². The lowest BCUT2D eigenvalue weighted by Gasteiger charge is -2.18. The Morgan fingerprint density at radius 3 is 3.05 bits per heavy atom. The molecule has 19 heavy (non-hydrogen) atoms. The van der Waals surface area contributed by atoms with Crippen molar-refractivity contribution in [3.8, 4) is 0 Å². The first-order valence-corrected chi connectivity index (χ1v) is 6.15. The molecule has 5 heteroatoms. The van der Waals surface area contributed by atoms with Gasteiger partial charge in [-0.3, -0.25) is 0 Å². The zero-order valence-electron chi connectivity index (χ0n) is 10.6. The van der Waals surface area contributed by atoms with Crippen molar-refractivity contribution < 1.29 is 14.3 Å². The summed E-state index contributed by atoms with van der Waals surface area (Å²) in [6, 6.07) is 5.28. The minimum Gasteiger partial charge on any atom is -0.478 e. The van der Waals surface area contributed by atoms with Crippen LogP contribution in [0.4, 0.5) is 5.69 Å². The molecule has 0 radical (unpaired) electrons. The quantitative estimate of drug-likeness (QED) is 0.914. The van der Waals surface area contributed by atoms with E-state index in [9.17, 15) is 4.79 Å². The normalized spacial score (nSPS) is 13.6. The molecule has 2 heterocycles. The van der Waals surface area contributed by atoms with Gasteiger partial charge in [-0.15, -0.1) is 0 Å². The van der Waals surface area contributed by atoms with Crippen LogP contribution in [0.5, 0.6) is 0 Å². The summed E-state index contributed by atoms with van der Waals surface area (Å²) in [5.74, 6) is -0.0517. The second-order valence-corrected chi connectivity index (χ2v) is 4.68. The van der Waals surface area contributed by atoms with Gasteiger partial charge in [-0.05, 0) is 37.1 Å². The third-order valence-corrected chi connectivity index (χ3v) is 3.50. The van der Waals surface area contributed by atoms with E-state index in [1.165, 1.54) is 6.39 Å². The van der Waals surface area contributed by atoms with Gasteiger partial charge in [-0.25, -0.2) is 9.78 Å². The number of carboxylic acid groups (broad SMARTS) is 1. The zero-order chi connectivity index (χ0) is 13.4. The fourth-order valence-corrected chi connectivity index (χ4v) is 2.43. The Labute approximate surface area is 110 Å². The second kappa shape index (κ2) is 4.42. The van der Waals surface area contributed by atoms with Crippen LogP contribution in [-0.4, -0.2) is 22.6 Å². The van der Waals surface area contributed by atoms with Crippen LogP contribution < -0.4 is 4.90 Å². The topological polar surface area (TPSA) is 66.6 Å². The molecule has 1 aliphatic rings. The predicted molar refractivity (Wildman–Crippen MR) is 69.4 cm³/mol. The van der Waals surface area contributed by atoms with E-state index in [0.29, 0.717) is 12.1 Å². The van der Waals surface area contributed by atoms with Crippen molar-refractivity contribution in [3.05, 3.63) is 47.2 Å². The molecule has 2 aromatic rings. The summed E-state index contributed by atoms with van der Waals surface area (Å²) in [6.07, 6.45) is 2.32. The summed E-state index contributed by atoms with van der Waals surface area (Å²) in [4.78, 5) is 17.3. The van der Waals surface area contributed by atoms with E-state index in [1.807, 2.05) is 13.0 Å². The molecule has 98 valence electrons. The van der Waals surface area contributed by atoms with Crippen LogP contribution in [0.1, 0.15) is 27.4 Å². The molecule has 5 nitrogen and oxygen atoms in total. The van der Waals surface area contributed by atoms with E-state index in [2.05, 4.69) is 9.88 Å². The summed E-state index contributed by atoms with van der Waals surface area (Å²) in [5.41, 5.74) is 3.45. The number of fused-ring (bicyclic) bond motifs is 1. The second-order valence-electron chi connectivity index (χ2n) is 4.68. The number of benzene rings is 1. The summed E-state index contributed by atoms with van der Waals surface area (Å²) in [7, 11) is 0. The van der Waals surface area contributed by atoms with E-state index in [1.54, 1.807) is 12.1 Å². The number of carboxylic acids is 1. The molecule has 0 unspecified atom stereocenters. The number of carbonyl (C=O) groups is 1. The zero-order valence-corrected chi connectivity index (χ0v) is 10.6. The van der Waals surface area contributed by atoms with Gasteiger partial charge in [0.25, 0.3) is 0 Å². The fourth-order valence-electron chi connectivity index (χ4n) is 2.43. The number of hydrogen-bond donors (Lipinski definition) is 1. The van der Waals surface area contributed by atoms with E-state index in [-0.39, 0.29) is 0 Å². The molecular weight excluding hydrogens is 244 g/mol. The first-order valence-electron chi connectivity index (χ1n) is 6.15. The van der Waals surface area contributed by atoms with Crippen molar-refractivity contribution >= 4 is 11.7 Å². The Morgan fingerprint density at radius 2 is 2.37 bits per heavy atom. The predicted octanol–water partition coefficient (Wildman–Crippen LogP) is 2.24. The average molecular weight is 258 g/mol. The maximum atomic E-state index is 10.9. The number of aryl methyl sites for hydroxylation is 1. The highest BCUT2D eigenvalue weighted by molar-refractivity contribution is 5.88. The Morgan fingerprint density at radius 1 is 1.53 bits per heavy atom. The lowest BCUT2D eigenvalue weighted by atomic mass is 10.1. The smallest absolute Gasteiger partial charge is 0.335 e. The Balaban J connectivity index is 1.86. The Hall–Kier alpha value is -2.30. The van der Waals surface area contributed by atoms with Crippen LogP contribution in [0.25, 0.3) is 0 Å². The van der Waals surface area contributed by atoms with Crippen LogP contribution in [0.15, 0.2) is 29.0 Å². The van der Waals surface area contributed by atoms with Crippen LogP contribution in [0.3, 0.4) is 0 Å². The lowest BCUT2D eigenvalue weighted by molar-refractivity contribution is 0.0697. The molecule has 0 fully saturated rings. The van der Waals surface area contributed by atoms with E-state index >= 15 is 0 Å². The molecule has 0 bridgehead atoms. The van der Waals surface area contributed by atoms with E-state index in [4.69, 9.17) is 9.52 Å². The van der Waals surface area contributed by atoms with Crippen molar-refractivity contribution in [1.82, 2.24) is 4.98 Å². The average Bonchev–Trinajstić information content (AvgIpc) is 2.97. The van der Waals surface area contributed by atoms with Gasteiger partial charge < -0.3 is 14.4 Å². The number of aromatic carboxylic acids is 1. The molecule has 3 rings (SSSR count). The molecule has 1 aromatic heterocycles. The fraction of sp³-hybridized carbons (Fsp3) is 0.286. The number of rotatable bonds is 3. The Bertz CT molecular complexity index is 633. The van der Waals surface area contributed by atoms with E-state index < -0.39 is 5.97 Å². The molecule has 0 amide bonds. The largest absolute Gasteiger partial charge is 0.478 e. The highest BCUT2D eigenvalue weighted by atomic mass is 16.4. The monoisotopic (exact) mass is 258 g/mol. The van der Waals surface area contributed by atoms with Gasteiger partial charge in [-0.2, -0.15) is 0 Å². The van der Waals surface area contributed by atoms with Crippen molar-refractivity contribution in [2.24, 2.45) is 0 Å². The third-order valence-electron chi connectivity index (χ3n) is 3.50. The van der Waals surface area contributed by atoms with Crippen LogP contribution in [0, 0.1) is 6.92 Å². The van der Waals surface area contributed by atoms with Crippen molar-refractivity contribution in [2.45, 2.75) is 19.9 Å². The molecule has 0 spiro atoms. The number of anilines is 1. The highest BCUT2D eigenvalue weighted by Crippen LogP contribution is 2.30. The number of nitrogens with zero attached hydrogens (tertiary/aromatic N) is 2. The van der Waals surface area contributed by atoms with Gasteiger partial charge in [0.2, 0.25) is 0 Å². The van der Waals surface area contributed by atoms with Crippen molar-refractivity contribution in [1.29, 1.82) is 0 Å². The number of hydrogen-bond acceptors (Lipinski definition) is 4. The molecule has 0 aliphatic carbocycles. The molecule has 0 saturated heterocycles. The SMILES string of the molecule is Cc1ocnc1CN1CCc2cc(C(=O)O)ccc21. The van der Waals surface area contributed by atoms with Gasteiger partial charge >= 0.3 is 5.97 Å². The first kappa shape index (κ1) is 11.8. The van der Waals surface area contributed by atoms with Crippen LogP contribution in [-0.2, 0) is 13.0 Å². The Kier molecular flexibility index (Phi) is 2.74.